The lowest BCUT2D eigenvalue weighted by atomic mass is 9.83. The maximum Gasteiger partial charge on any atom is 0.281 e. The Hall–Kier alpha value is -4.25. The Morgan fingerprint density at radius 3 is 2.59 bits per heavy atom. The summed E-state index contributed by atoms with van der Waals surface area (Å²) in [4.78, 5) is 20.2. The Morgan fingerprint density at radius 1 is 1.20 bits per heavy atom. The number of aryl methyl sites for hydroxylation is 2. The highest BCUT2D eigenvalue weighted by molar-refractivity contribution is 6.09. The van der Waals surface area contributed by atoms with Crippen LogP contribution in [0.15, 0.2) is 52.1 Å². The summed E-state index contributed by atoms with van der Waals surface area (Å²) >= 11 is 0. The number of benzene rings is 2. The fourth-order valence-electron chi connectivity index (χ4n) is 4.95. The van der Waals surface area contributed by atoms with Crippen molar-refractivity contribution in [2.75, 3.05) is 16.8 Å². The summed E-state index contributed by atoms with van der Waals surface area (Å²) in [5.41, 5.74) is 2.63. The quantitative estimate of drug-likeness (QED) is 0.226. The van der Waals surface area contributed by atoms with Crippen molar-refractivity contribution in [1.29, 1.82) is 0 Å². The average Bonchev–Trinajstić information content (AvgIpc) is 3.22. The largest absolute Gasteiger partial charge is 0.506 e. The Kier molecular flexibility index (Phi) is 8.77. The van der Waals surface area contributed by atoms with E-state index in [1.165, 1.54) is 11.0 Å². The van der Waals surface area contributed by atoms with Gasteiger partial charge in [-0.3, -0.25) is 9.69 Å². The molecule has 3 aromatic rings. The molecule has 216 valence electrons. The van der Waals surface area contributed by atoms with Crippen molar-refractivity contribution in [1.82, 2.24) is 4.98 Å². The zero-order chi connectivity index (χ0) is 29.9. The number of carbonyl (C=O) groups excluding carboxylic acids is 1. The van der Waals surface area contributed by atoms with Gasteiger partial charge in [0.05, 0.1) is 11.7 Å². The van der Waals surface area contributed by atoms with Crippen molar-refractivity contribution in [3.63, 3.8) is 0 Å². The summed E-state index contributed by atoms with van der Waals surface area (Å²) in [6.07, 6.45) is 2.22. The summed E-state index contributed by atoms with van der Waals surface area (Å²) in [6, 6.07) is 8.75. The smallest absolute Gasteiger partial charge is 0.281 e. The molecule has 0 radical (unpaired) electrons. The average molecular weight is 560 g/mol. The van der Waals surface area contributed by atoms with Crippen LogP contribution < -0.4 is 15.0 Å². The molecule has 7 nitrogen and oxygen atoms in total. The van der Waals surface area contributed by atoms with Crippen LogP contribution in [0, 0.1) is 36.9 Å². The van der Waals surface area contributed by atoms with Gasteiger partial charge in [-0.05, 0) is 55.5 Å². The number of amides is 1. The molecule has 41 heavy (non-hydrogen) atoms. The van der Waals surface area contributed by atoms with E-state index in [-0.39, 0.29) is 29.0 Å². The Labute approximate surface area is 241 Å². The highest BCUT2D eigenvalue weighted by Crippen LogP contribution is 2.48. The van der Waals surface area contributed by atoms with Crippen LogP contribution in [0.4, 0.5) is 15.8 Å². The summed E-state index contributed by atoms with van der Waals surface area (Å²) in [6.45, 7) is 13.8. The molecule has 0 aliphatic carbocycles. The topological polar surface area (TPSA) is 87.8 Å². The third-order valence-corrected chi connectivity index (χ3v) is 7.52. The first-order valence-corrected chi connectivity index (χ1v) is 13.9. The number of anilines is 2. The zero-order valence-electron chi connectivity index (χ0n) is 24.8. The number of para-hydroxylation sites is 1. The highest BCUT2D eigenvalue weighted by atomic mass is 19.1. The SMILES string of the molecule is CCC#CCOc1ccc(C2C(C)=C(CC(C)(C)CC)Nc3c(O)cccc3N2C(=O)c2nc(C)oc2C)c(F)c1. The van der Waals surface area contributed by atoms with Gasteiger partial charge in [0, 0.05) is 30.7 Å². The predicted octanol–water partition coefficient (Wildman–Crippen LogP) is 7.84. The molecule has 0 fully saturated rings. The summed E-state index contributed by atoms with van der Waals surface area (Å²) in [7, 11) is 0. The molecule has 2 N–H and O–H groups in total. The Balaban J connectivity index is 1.95. The summed E-state index contributed by atoms with van der Waals surface area (Å²) in [5.74, 6) is 5.85. The van der Waals surface area contributed by atoms with Gasteiger partial charge in [0.25, 0.3) is 5.91 Å². The normalized spacial score (nSPS) is 15.0. The van der Waals surface area contributed by atoms with E-state index in [9.17, 15) is 9.90 Å². The van der Waals surface area contributed by atoms with E-state index < -0.39 is 17.8 Å². The molecule has 2 aromatic carbocycles. The number of nitrogens with zero attached hydrogens (tertiary/aromatic N) is 2. The van der Waals surface area contributed by atoms with Gasteiger partial charge in [0.1, 0.15) is 35.4 Å². The van der Waals surface area contributed by atoms with Crippen LogP contribution in [-0.4, -0.2) is 22.6 Å². The molecular weight excluding hydrogens is 521 g/mol. The zero-order valence-corrected chi connectivity index (χ0v) is 24.8. The third-order valence-electron chi connectivity index (χ3n) is 7.52. The number of fused-ring (bicyclic) bond motifs is 1. The number of phenolic OH excluding ortho intramolecular Hbond substituents is 1. The van der Waals surface area contributed by atoms with Crippen LogP contribution in [0.1, 0.15) is 87.6 Å². The highest BCUT2D eigenvalue weighted by Gasteiger charge is 2.39. The fraction of sp³-hybridized carbons (Fsp3) is 0.394. The second-order valence-electron chi connectivity index (χ2n) is 11.0. The molecule has 4 rings (SSSR count). The molecule has 0 saturated carbocycles. The number of phenols is 1. The van der Waals surface area contributed by atoms with E-state index in [1.54, 1.807) is 44.2 Å². The van der Waals surface area contributed by atoms with Crippen LogP contribution in [0.5, 0.6) is 11.5 Å². The van der Waals surface area contributed by atoms with Crippen molar-refractivity contribution in [2.45, 2.75) is 73.8 Å². The molecule has 1 amide bonds. The minimum Gasteiger partial charge on any atom is -0.506 e. The molecule has 0 spiro atoms. The molecule has 0 saturated heterocycles. The number of carbonyl (C=O) groups is 1. The van der Waals surface area contributed by atoms with E-state index in [0.717, 1.165) is 17.7 Å². The van der Waals surface area contributed by atoms with Crippen molar-refractivity contribution in [2.24, 2.45) is 5.41 Å². The molecule has 0 bridgehead atoms. The molecule has 1 aliphatic heterocycles. The van der Waals surface area contributed by atoms with Gasteiger partial charge in [0.2, 0.25) is 0 Å². The lowest BCUT2D eigenvalue weighted by Gasteiger charge is -2.33. The third kappa shape index (κ3) is 6.25. The molecular formula is C33H38FN3O4. The first kappa shape index (κ1) is 29.7. The van der Waals surface area contributed by atoms with Crippen molar-refractivity contribution >= 4 is 17.3 Å². The first-order valence-electron chi connectivity index (χ1n) is 13.9. The molecule has 2 heterocycles. The van der Waals surface area contributed by atoms with Crippen LogP contribution in [0.3, 0.4) is 0 Å². The van der Waals surface area contributed by atoms with E-state index >= 15 is 4.39 Å². The lowest BCUT2D eigenvalue weighted by molar-refractivity contribution is 0.0974. The number of aromatic nitrogens is 1. The number of halogens is 1. The molecule has 1 unspecified atom stereocenters. The van der Waals surface area contributed by atoms with E-state index in [4.69, 9.17) is 9.15 Å². The van der Waals surface area contributed by atoms with Gasteiger partial charge >= 0.3 is 0 Å². The Morgan fingerprint density at radius 2 is 1.95 bits per heavy atom. The minimum absolute atomic E-state index is 0.0222. The molecule has 8 heteroatoms. The lowest BCUT2D eigenvalue weighted by Crippen LogP contribution is -2.36. The summed E-state index contributed by atoms with van der Waals surface area (Å²) < 4.78 is 27.3. The number of hydrogen-bond acceptors (Lipinski definition) is 6. The van der Waals surface area contributed by atoms with Gasteiger partial charge in [-0.15, -0.1) is 5.92 Å². The second kappa shape index (κ2) is 12.1. The molecule has 1 atom stereocenters. The fourth-order valence-corrected chi connectivity index (χ4v) is 4.95. The maximum atomic E-state index is 16.0. The first-order chi connectivity index (χ1) is 19.5. The van der Waals surface area contributed by atoms with E-state index in [1.807, 2.05) is 13.8 Å². The number of ether oxygens (including phenoxy) is 1. The van der Waals surface area contributed by atoms with Crippen molar-refractivity contribution in [3.05, 3.63) is 76.4 Å². The van der Waals surface area contributed by atoms with Crippen molar-refractivity contribution < 1.29 is 23.4 Å². The van der Waals surface area contributed by atoms with Gasteiger partial charge in [0.15, 0.2) is 11.6 Å². The van der Waals surface area contributed by atoms with Crippen LogP contribution in [0.2, 0.25) is 0 Å². The Bertz CT molecular complexity index is 1540. The number of oxazole rings is 1. The van der Waals surface area contributed by atoms with Gasteiger partial charge in [-0.25, -0.2) is 9.37 Å². The monoisotopic (exact) mass is 559 g/mol. The van der Waals surface area contributed by atoms with Gasteiger partial charge in [-0.1, -0.05) is 46.1 Å². The summed E-state index contributed by atoms with van der Waals surface area (Å²) in [5, 5.41) is 14.4. The standard InChI is InChI=1S/C33H38FN3O4/c1-8-10-11-17-40-23-15-16-24(25(34)18-23)31-20(3)26(19-33(6,7)9-2)36-30-27(13-12-14-28(30)38)37(31)32(39)29-21(4)41-22(5)35-29/h12-16,18,31,36,38H,8-9,17,19H2,1-7H3. The van der Waals surface area contributed by atoms with Crippen LogP contribution in [-0.2, 0) is 0 Å². The van der Waals surface area contributed by atoms with Crippen LogP contribution in [0.25, 0.3) is 0 Å². The molecule has 1 aliphatic rings. The number of hydrogen-bond donors (Lipinski definition) is 2. The van der Waals surface area contributed by atoms with Gasteiger partial charge in [-0.2, -0.15) is 0 Å². The number of nitrogens with one attached hydrogen (secondary N) is 1. The van der Waals surface area contributed by atoms with Gasteiger partial charge < -0.3 is 19.6 Å². The number of rotatable bonds is 7. The van der Waals surface area contributed by atoms with E-state index in [2.05, 4.69) is 42.9 Å². The number of aromatic hydroxyl groups is 1. The van der Waals surface area contributed by atoms with E-state index in [0.29, 0.717) is 41.6 Å². The van der Waals surface area contributed by atoms with Crippen molar-refractivity contribution in [3.8, 4) is 23.3 Å². The maximum absolute atomic E-state index is 16.0. The number of allylic oxidation sites excluding steroid dienone is 1. The predicted molar refractivity (Wildman–Crippen MR) is 159 cm³/mol. The minimum atomic E-state index is -0.856. The van der Waals surface area contributed by atoms with Crippen LogP contribution >= 0.6 is 0 Å². The molecule has 1 aromatic heterocycles. The second-order valence-corrected chi connectivity index (χ2v) is 11.0.